The highest BCUT2D eigenvalue weighted by molar-refractivity contribution is 5.97. The molecule has 3 atom stereocenters. The van der Waals surface area contributed by atoms with E-state index in [1.54, 1.807) is 38.1 Å². The summed E-state index contributed by atoms with van der Waals surface area (Å²) in [6, 6.07) is 5.90. The molecule has 1 aliphatic rings. The third-order valence-corrected chi connectivity index (χ3v) is 5.07. The standard InChI is InChI=1S/C21H31N3O4.ClH/c1-4-28-21(27)15(3)23-20(26)16-7-9-18(10-8-16)24-19(25)12-14(2)17-6-5-11-22-13-17;/h7-10,14-15,17,22H,4-6,11-13H2,1-3H3,(H,23,26)(H,24,25);1H. The fourth-order valence-electron chi connectivity index (χ4n) is 3.35. The van der Waals surface area contributed by atoms with Crippen molar-refractivity contribution in [1.29, 1.82) is 0 Å². The van der Waals surface area contributed by atoms with E-state index in [1.807, 2.05) is 0 Å². The lowest BCUT2D eigenvalue weighted by Gasteiger charge is -2.28. The van der Waals surface area contributed by atoms with Gasteiger partial charge >= 0.3 is 5.97 Å². The SMILES string of the molecule is CCOC(=O)C(C)NC(=O)c1ccc(NC(=O)CC(C)C2CCCNC2)cc1.Cl. The third kappa shape index (κ3) is 8.03. The van der Waals surface area contributed by atoms with Gasteiger partial charge in [0, 0.05) is 17.7 Å². The van der Waals surface area contributed by atoms with E-state index in [9.17, 15) is 14.4 Å². The van der Waals surface area contributed by atoms with Crippen LogP contribution in [0.2, 0.25) is 0 Å². The number of nitrogens with one attached hydrogen (secondary N) is 3. The summed E-state index contributed by atoms with van der Waals surface area (Å²) in [4.78, 5) is 36.1. The van der Waals surface area contributed by atoms with Crippen molar-refractivity contribution < 1.29 is 19.1 Å². The number of amides is 2. The summed E-state index contributed by atoms with van der Waals surface area (Å²) in [5, 5.41) is 8.87. The molecule has 3 N–H and O–H groups in total. The van der Waals surface area contributed by atoms with Gasteiger partial charge in [0.15, 0.2) is 0 Å². The molecule has 1 aliphatic heterocycles. The Morgan fingerprint density at radius 1 is 1.21 bits per heavy atom. The maximum atomic E-state index is 12.3. The Hall–Kier alpha value is -2.12. The number of rotatable bonds is 8. The van der Waals surface area contributed by atoms with Crippen LogP contribution < -0.4 is 16.0 Å². The number of esters is 1. The highest BCUT2D eigenvalue weighted by Gasteiger charge is 2.22. The number of benzene rings is 1. The first-order valence-corrected chi connectivity index (χ1v) is 9.98. The smallest absolute Gasteiger partial charge is 0.328 e. The first-order valence-electron chi connectivity index (χ1n) is 9.98. The monoisotopic (exact) mass is 425 g/mol. The van der Waals surface area contributed by atoms with Crippen molar-refractivity contribution >= 4 is 35.9 Å². The summed E-state index contributed by atoms with van der Waals surface area (Å²) >= 11 is 0. The van der Waals surface area contributed by atoms with Crippen LogP contribution in [0.4, 0.5) is 5.69 Å². The third-order valence-electron chi connectivity index (χ3n) is 5.07. The Morgan fingerprint density at radius 3 is 2.48 bits per heavy atom. The molecule has 1 heterocycles. The predicted molar refractivity (Wildman–Crippen MR) is 115 cm³/mol. The van der Waals surface area contributed by atoms with Gasteiger partial charge in [-0.25, -0.2) is 4.79 Å². The van der Waals surface area contributed by atoms with Gasteiger partial charge in [0.05, 0.1) is 6.61 Å². The molecule has 7 nitrogen and oxygen atoms in total. The second-order valence-electron chi connectivity index (χ2n) is 7.36. The lowest BCUT2D eigenvalue weighted by molar-refractivity contribution is -0.144. The molecule has 0 aromatic heterocycles. The molecular weight excluding hydrogens is 394 g/mol. The van der Waals surface area contributed by atoms with Crippen LogP contribution in [0.15, 0.2) is 24.3 Å². The van der Waals surface area contributed by atoms with Crippen LogP contribution >= 0.6 is 12.4 Å². The molecule has 1 fully saturated rings. The molecule has 8 heteroatoms. The predicted octanol–water partition coefficient (Wildman–Crippen LogP) is 2.75. The largest absolute Gasteiger partial charge is 0.464 e. The molecule has 2 rings (SSSR count). The average molecular weight is 426 g/mol. The van der Waals surface area contributed by atoms with Crippen molar-refractivity contribution in [3.63, 3.8) is 0 Å². The van der Waals surface area contributed by atoms with Gasteiger partial charge in [0.2, 0.25) is 5.91 Å². The van der Waals surface area contributed by atoms with Crippen LogP contribution in [0, 0.1) is 11.8 Å². The second kappa shape index (κ2) is 12.4. The lowest BCUT2D eigenvalue weighted by atomic mass is 9.85. The molecule has 0 aliphatic carbocycles. The molecule has 162 valence electrons. The first kappa shape index (κ1) is 24.9. The number of halogens is 1. The van der Waals surface area contributed by atoms with E-state index >= 15 is 0 Å². The van der Waals surface area contributed by atoms with Crippen molar-refractivity contribution in [2.75, 3.05) is 25.0 Å². The highest BCUT2D eigenvalue weighted by atomic mass is 35.5. The Balaban J connectivity index is 0.00000420. The zero-order valence-corrected chi connectivity index (χ0v) is 18.1. The van der Waals surface area contributed by atoms with Crippen molar-refractivity contribution in [2.24, 2.45) is 11.8 Å². The highest BCUT2D eigenvalue weighted by Crippen LogP contribution is 2.23. The molecule has 1 aromatic rings. The Kier molecular flexibility index (Phi) is 10.7. The van der Waals surface area contributed by atoms with E-state index in [4.69, 9.17) is 4.74 Å². The number of piperidine rings is 1. The zero-order chi connectivity index (χ0) is 20.5. The Morgan fingerprint density at radius 2 is 1.90 bits per heavy atom. The quantitative estimate of drug-likeness (QED) is 0.556. The number of carbonyl (C=O) groups is 3. The Bertz CT molecular complexity index is 675. The average Bonchev–Trinajstić information content (AvgIpc) is 2.69. The summed E-state index contributed by atoms with van der Waals surface area (Å²) < 4.78 is 4.87. The summed E-state index contributed by atoms with van der Waals surface area (Å²) in [7, 11) is 0. The molecule has 0 spiro atoms. The van der Waals surface area contributed by atoms with Crippen molar-refractivity contribution in [3.8, 4) is 0 Å². The molecule has 0 bridgehead atoms. The van der Waals surface area contributed by atoms with Gasteiger partial charge in [-0.1, -0.05) is 6.92 Å². The van der Waals surface area contributed by atoms with Crippen LogP contribution in [-0.2, 0) is 14.3 Å². The molecule has 0 saturated carbocycles. The topological polar surface area (TPSA) is 96.5 Å². The molecular formula is C21H32ClN3O4. The fraction of sp³-hybridized carbons (Fsp3) is 0.571. The van der Waals surface area contributed by atoms with E-state index in [-0.39, 0.29) is 30.8 Å². The van der Waals surface area contributed by atoms with Crippen LogP contribution in [0.5, 0.6) is 0 Å². The number of anilines is 1. The Labute approximate surface area is 178 Å². The minimum absolute atomic E-state index is 0. The minimum Gasteiger partial charge on any atom is -0.464 e. The van der Waals surface area contributed by atoms with Gasteiger partial charge in [0.1, 0.15) is 6.04 Å². The van der Waals surface area contributed by atoms with Gasteiger partial charge in [-0.3, -0.25) is 9.59 Å². The van der Waals surface area contributed by atoms with E-state index in [1.165, 1.54) is 0 Å². The molecule has 2 amide bonds. The van der Waals surface area contributed by atoms with Crippen LogP contribution in [0.1, 0.15) is 50.4 Å². The molecule has 1 saturated heterocycles. The first-order chi connectivity index (χ1) is 13.4. The van der Waals surface area contributed by atoms with E-state index in [0.29, 0.717) is 29.5 Å². The van der Waals surface area contributed by atoms with E-state index in [2.05, 4.69) is 22.9 Å². The minimum atomic E-state index is -0.720. The molecule has 1 aromatic carbocycles. The summed E-state index contributed by atoms with van der Waals surface area (Å²) in [5.41, 5.74) is 1.06. The second-order valence-corrected chi connectivity index (χ2v) is 7.36. The molecule has 0 radical (unpaired) electrons. The zero-order valence-electron chi connectivity index (χ0n) is 17.3. The number of ether oxygens (including phenoxy) is 1. The summed E-state index contributed by atoms with van der Waals surface area (Å²) in [6.07, 6.45) is 2.80. The van der Waals surface area contributed by atoms with Crippen molar-refractivity contribution in [2.45, 2.75) is 46.1 Å². The van der Waals surface area contributed by atoms with Gasteiger partial charge in [-0.05, 0) is 75.9 Å². The lowest BCUT2D eigenvalue weighted by Crippen LogP contribution is -2.39. The van der Waals surface area contributed by atoms with Gasteiger partial charge in [-0.15, -0.1) is 12.4 Å². The van der Waals surface area contributed by atoms with Crippen molar-refractivity contribution in [3.05, 3.63) is 29.8 Å². The van der Waals surface area contributed by atoms with Crippen LogP contribution in [-0.4, -0.2) is 43.5 Å². The number of hydrogen-bond acceptors (Lipinski definition) is 5. The van der Waals surface area contributed by atoms with E-state index < -0.39 is 12.0 Å². The normalized spacial score (nSPS) is 18.0. The number of hydrogen-bond donors (Lipinski definition) is 3. The maximum absolute atomic E-state index is 12.3. The van der Waals surface area contributed by atoms with Gasteiger partial charge in [0.25, 0.3) is 5.91 Å². The van der Waals surface area contributed by atoms with Gasteiger partial charge in [-0.2, -0.15) is 0 Å². The van der Waals surface area contributed by atoms with Crippen molar-refractivity contribution in [1.82, 2.24) is 10.6 Å². The maximum Gasteiger partial charge on any atom is 0.328 e. The van der Waals surface area contributed by atoms with E-state index in [0.717, 1.165) is 25.9 Å². The summed E-state index contributed by atoms with van der Waals surface area (Å²) in [6.45, 7) is 7.72. The summed E-state index contributed by atoms with van der Waals surface area (Å²) in [5.74, 6) is -0.000692. The molecule has 29 heavy (non-hydrogen) atoms. The fourth-order valence-corrected chi connectivity index (χ4v) is 3.35. The molecule has 3 unspecified atom stereocenters. The number of carbonyl (C=O) groups excluding carboxylic acids is 3. The van der Waals surface area contributed by atoms with Crippen LogP contribution in [0.3, 0.4) is 0 Å². The van der Waals surface area contributed by atoms with Gasteiger partial charge < -0.3 is 20.7 Å². The van der Waals surface area contributed by atoms with Crippen LogP contribution in [0.25, 0.3) is 0 Å².